The summed E-state index contributed by atoms with van der Waals surface area (Å²) in [4.78, 5) is 70.2. The molecule has 0 saturated carbocycles. The number of aryl methyl sites for hydroxylation is 19. The molecule has 0 atom stereocenters. The number of aliphatic imine (C=N–C) groups is 4. The third-order valence-corrected chi connectivity index (χ3v) is 30.3. The van der Waals surface area contributed by atoms with Crippen LogP contribution >= 0.6 is 0 Å². The molecule has 15 heteroatoms. The van der Waals surface area contributed by atoms with Gasteiger partial charge < -0.3 is 35.2 Å². The molecule has 15 heterocycles. The van der Waals surface area contributed by atoms with Crippen molar-refractivity contribution in [3.05, 3.63) is 445 Å². The van der Waals surface area contributed by atoms with Gasteiger partial charge in [0.25, 0.3) is 0 Å². The van der Waals surface area contributed by atoms with Crippen LogP contribution < -0.4 is 5.32 Å². The number of anilines is 1. The second kappa shape index (κ2) is 36.7. The molecule has 8 aromatic heterocycles. The zero-order valence-corrected chi connectivity index (χ0v) is 87.8. The quantitative estimate of drug-likeness (QED) is 0.0673. The molecule has 0 spiro atoms. The van der Waals surface area contributed by atoms with Crippen molar-refractivity contribution in [3.63, 3.8) is 0 Å². The summed E-state index contributed by atoms with van der Waals surface area (Å²) >= 11 is 0. The second-order valence-corrected chi connectivity index (χ2v) is 41.5. The maximum atomic E-state index is 5.90. The lowest BCUT2D eigenvalue weighted by molar-refractivity contribution is 1.24. The Bertz CT molecular complexity index is 9260. The van der Waals surface area contributed by atoms with Gasteiger partial charge in [0, 0.05) is 119 Å². The topological polar surface area (TPSA) is 208 Å². The zero-order valence-electron chi connectivity index (χ0n) is 87.8. The largest absolute Gasteiger partial charge is 0.388 e. The molecule has 8 aliphatic rings. The van der Waals surface area contributed by atoms with E-state index in [0.717, 1.165) is 291 Å². The van der Waals surface area contributed by atoms with Crippen LogP contribution in [-0.4, -0.2) is 79.7 Å². The number of hydrogen-bond acceptors (Lipinski definition) is 9. The van der Waals surface area contributed by atoms with Crippen LogP contribution in [-0.2, 0) is 0 Å². The molecule has 1 aliphatic carbocycles. The molecule has 0 saturated heterocycles. The Labute approximate surface area is 868 Å². The number of fused-ring (bicyclic) bond motifs is 22. The van der Waals surface area contributed by atoms with Gasteiger partial charge >= 0.3 is 0 Å². The molecule has 7 aliphatic heterocycles. The Morgan fingerprint density at radius 3 is 0.940 bits per heavy atom. The first-order valence-corrected chi connectivity index (χ1v) is 51.4. The van der Waals surface area contributed by atoms with Crippen molar-refractivity contribution in [1.29, 1.82) is 0 Å². The van der Waals surface area contributed by atoms with Gasteiger partial charge in [0.1, 0.15) is 11.4 Å². The summed E-state index contributed by atoms with van der Waals surface area (Å²) in [5, 5.41) is 3.33. The van der Waals surface area contributed by atoms with Gasteiger partial charge in [-0.1, -0.05) is 143 Å². The fourth-order valence-electron chi connectivity index (χ4n) is 24.4. The third kappa shape index (κ3) is 16.7. The van der Waals surface area contributed by atoms with E-state index in [2.05, 4.69) is 458 Å². The van der Waals surface area contributed by atoms with Crippen molar-refractivity contribution in [3.8, 4) is 66.8 Å². The first-order chi connectivity index (χ1) is 72.0. The van der Waals surface area contributed by atoms with Crippen molar-refractivity contribution in [2.24, 2.45) is 20.0 Å². The Morgan fingerprint density at radius 1 is 0.228 bits per heavy atom. The van der Waals surface area contributed by atoms with E-state index in [1.807, 2.05) is 7.05 Å². The number of allylic oxidation sites excluding steroid dienone is 10. The highest BCUT2D eigenvalue weighted by molar-refractivity contribution is 6.53. The number of nitrogens with one attached hydrogen (secondary N) is 7. The SMILES string of the molecule is CNc1ccc(-c2c3nc(c(-c4c(C)cc(C)cc4C)c4ccc([nH]4)c(N=C4C=CC(=C5C6=NC(=C(c7c(C)cc(C)cc7C)c7ccc([nH]7)C(=Nc7ccc(-c8c9nc(c(-c%10c(C)cc(C)cc%10C)c%10ccc([nH]%10)c(C)c%10nc(c(-c%11c(C)cc(C)cc%11C)c%11ccc8[nH]%11)C=C%10)C=C9)cc7)C7=NC(=C(c8c(C)cc(C)cc8C)c8ccc5[nH]8)C=C7)C=C6)C=C4)c4nc(c(-c5c(C)cc(C)cc5C)c5ccc2[nH]5)C=C4)C=C3)cc1. The molecular weight excluding hydrogens is 1820 g/mol. The predicted octanol–water partition coefficient (Wildman–Crippen LogP) is 33.2. The molecule has 24 rings (SSSR count). The molecule has 24 bridgehead atoms. The van der Waals surface area contributed by atoms with Gasteiger partial charge in [0.2, 0.25) is 0 Å². The standard InChI is InChI=1S/C134H115N15/c1-69-57-75(7)118(76(8)58-69)127-102-35-33-94(138-102)87(19)95-34-36-103(139-95)128(119-77(9)59-70(2)60-78(119)10)105-44-38-99(141-105)125(98-37-43-104(127)140-98)89-23-29-92(30-24-89)136-134-116-55-51-112(148-116)131(122-83(15)65-73(5)66-84(122)16)108-47-41-100(144-108)126(101-42-48-109(145-101)132(113-52-56-117(134)149-113)123-85(17)67-74(6)68-86(123)18)90-25-31-93(32-26-90)137-133-114-53-49-110(146-114)129(120-79(11)61-71(3)62-80(120)12)106-45-39-96(142-106)124(88-21-27-91(135-20)28-22-88)97-40-46-107(143-97)130(111-50-54-115(133)147-111)121-81(13)63-72(4)64-82(121)14/h21-68,135,138,141-142,144,147,149H,1-20H3. The van der Waals surface area contributed by atoms with Crippen LogP contribution in [0.15, 0.2) is 280 Å². The van der Waals surface area contributed by atoms with Crippen LogP contribution in [0, 0.1) is 132 Å². The number of aromatic amines is 6. The molecule has 0 fully saturated rings. The summed E-state index contributed by atoms with van der Waals surface area (Å²) in [7, 11) is 1.95. The minimum Gasteiger partial charge on any atom is -0.388 e. The highest BCUT2D eigenvalue weighted by atomic mass is 14.9. The van der Waals surface area contributed by atoms with E-state index < -0.39 is 0 Å². The first-order valence-electron chi connectivity index (χ1n) is 51.4. The summed E-state index contributed by atoms with van der Waals surface area (Å²) in [6.07, 6.45) is 34.6. The Hall–Kier alpha value is -17.8. The van der Waals surface area contributed by atoms with Crippen molar-refractivity contribution in [1.82, 2.24) is 49.8 Å². The van der Waals surface area contributed by atoms with Gasteiger partial charge in [0.15, 0.2) is 0 Å². The molecule has 15 nitrogen and oxygen atoms in total. The lowest BCUT2D eigenvalue weighted by Gasteiger charge is -2.17. The third-order valence-electron chi connectivity index (χ3n) is 30.3. The van der Waals surface area contributed by atoms with E-state index in [9.17, 15) is 0 Å². The highest BCUT2D eigenvalue weighted by Gasteiger charge is 2.32. The fraction of sp³-hybridized carbons (Fsp3) is 0.149. The molecule has 16 aromatic rings. The van der Waals surface area contributed by atoms with Crippen molar-refractivity contribution in [2.75, 3.05) is 12.4 Å². The molecule has 8 aromatic carbocycles. The minimum atomic E-state index is 0.666. The molecule has 0 unspecified atom stereocenters. The van der Waals surface area contributed by atoms with Crippen LogP contribution in [0.25, 0.3) is 176 Å². The predicted molar refractivity (Wildman–Crippen MR) is 628 cm³/mol. The van der Waals surface area contributed by atoms with Crippen molar-refractivity contribution >= 4 is 149 Å². The van der Waals surface area contributed by atoms with Gasteiger partial charge in [-0.05, 0) is 436 Å². The Kier molecular flexibility index (Phi) is 23.1. The van der Waals surface area contributed by atoms with E-state index in [-0.39, 0.29) is 0 Å². The van der Waals surface area contributed by atoms with Gasteiger partial charge in [0.05, 0.1) is 91.0 Å². The minimum absolute atomic E-state index is 0.666. The van der Waals surface area contributed by atoms with E-state index in [1.165, 1.54) is 55.6 Å². The van der Waals surface area contributed by atoms with Crippen LogP contribution in [0.4, 0.5) is 17.1 Å². The van der Waals surface area contributed by atoms with Crippen LogP contribution in [0.3, 0.4) is 0 Å². The summed E-state index contributed by atoms with van der Waals surface area (Å²) in [5.74, 6) is 0. The van der Waals surface area contributed by atoms with E-state index in [4.69, 9.17) is 39.9 Å². The van der Waals surface area contributed by atoms with Gasteiger partial charge in [-0.25, -0.2) is 39.9 Å². The average Bonchev–Trinajstić information content (AvgIpc) is 1.61. The molecule has 0 radical (unpaired) electrons. The summed E-state index contributed by atoms with van der Waals surface area (Å²) in [6, 6.07) is 70.9. The monoisotopic (exact) mass is 1930 g/mol. The number of H-pyrrole nitrogens is 6. The summed E-state index contributed by atoms with van der Waals surface area (Å²) in [6.45, 7) is 41.7. The fourth-order valence-corrected chi connectivity index (χ4v) is 24.4. The maximum Gasteiger partial charge on any atom is 0.113 e. The lowest BCUT2D eigenvalue weighted by Crippen LogP contribution is -2.13. The number of nitrogens with zero attached hydrogens (tertiary/aromatic N) is 8. The number of benzene rings is 8. The van der Waals surface area contributed by atoms with Crippen LogP contribution in [0.1, 0.15) is 185 Å². The smallest absolute Gasteiger partial charge is 0.113 e. The van der Waals surface area contributed by atoms with Crippen LogP contribution in [0.2, 0.25) is 0 Å². The molecule has 7 N–H and O–H groups in total. The summed E-state index contributed by atoms with van der Waals surface area (Å²) in [5.41, 5.74) is 64.8. The molecule has 726 valence electrons. The van der Waals surface area contributed by atoms with Crippen molar-refractivity contribution < 1.29 is 0 Å². The van der Waals surface area contributed by atoms with Crippen LogP contribution in [0.5, 0.6) is 0 Å². The normalized spacial score (nSPS) is 14.2. The van der Waals surface area contributed by atoms with E-state index >= 15 is 0 Å². The average molecular weight is 1940 g/mol. The van der Waals surface area contributed by atoms with E-state index in [0.29, 0.717) is 22.8 Å². The van der Waals surface area contributed by atoms with Gasteiger partial charge in [-0.2, -0.15) is 0 Å². The Morgan fingerprint density at radius 2 is 0.530 bits per heavy atom. The second-order valence-electron chi connectivity index (χ2n) is 41.5. The molecule has 149 heavy (non-hydrogen) atoms. The number of rotatable bonds is 11. The molecule has 0 amide bonds. The maximum absolute atomic E-state index is 5.90. The molecular formula is C134H115N15. The highest BCUT2D eigenvalue weighted by Crippen LogP contribution is 2.49. The van der Waals surface area contributed by atoms with Gasteiger partial charge in [-0.3, -0.25) is 0 Å². The zero-order chi connectivity index (χ0) is 103. The van der Waals surface area contributed by atoms with Crippen molar-refractivity contribution in [2.45, 2.75) is 132 Å². The van der Waals surface area contributed by atoms with E-state index in [1.54, 1.807) is 0 Å². The number of hydrogen-bond donors (Lipinski definition) is 7. The lowest BCUT2D eigenvalue weighted by atomic mass is 9.90. The van der Waals surface area contributed by atoms with Gasteiger partial charge in [-0.15, -0.1) is 0 Å². The first kappa shape index (κ1) is 93.5. The number of aromatic nitrogens is 10. The summed E-state index contributed by atoms with van der Waals surface area (Å²) < 4.78 is 0. The Balaban J connectivity index is 0.681.